The minimum Gasteiger partial charge on any atom is -0.491 e. The van der Waals surface area contributed by atoms with E-state index in [1.165, 1.54) is 18.2 Å². The molecule has 0 fully saturated rings. The average Bonchev–Trinajstić information content (AvgIpc) is 3.42. The highest BCUT2D eigenvalue weighted by Gasteiger charge is 2.31. The molecule has 1 aliphatic heterocycles. The first-order valence-corrected chi connectivity index (χ1v) is 15.9. The summed E-state index contributed by atoms with van der Waals surface area (Å²) in [5.74, 6) is -0.479. The van der Waals surface area contributed by atoms with Crippen molar-refractivity contribution in [2.24, 2.45) is 0 Å². The smallest absolute Gasteiger partial charge is 0.232 e. The van der Waals surface area contributed by atoms with Crippen molar-refractivity contribution in [2.45, 2.75) is 33.4 Å². The van der Waals surface area contributed by atoms with Gasteiger partial charge in [0.05, 0.1) is 12.4 Å². The molecule has 5 rings (SSSR count). The molecular weight excluding hydrogens is 606 g/mol. The van der Waals surface area contributed by atoms with E-state index in [0.29, 0.717) is 46.5 Å². The second-order valence-electron chi connectivity index (χ2n) is 10.8. The van der Waals surface area contributed by atoms with E-state index < -0.39 is 27.9 Å². The molecule has 3 aromatic carbocycles. The van der Waals surface area contributed by atoms with Crippen LogP contribution in [0.5, 0.6) is 17.2 Å². The van der Waals surface area contributed by atoms with Crippen molar-refractivity contribution >= 4 is 21.3 Å². The number of ether oxygens (including phenoxy) is 2. The number of aryl methyl sites for hydroxylation is 2. The van der Waals surface area contributed by atoms with Crippen LogP contribution in [0.4, 0.5) is 14.5 Å². The first-order chi connectivity index (χ1) is 21.4. The average molecular weight is 641 g/mol. The summed E-state index contributed by atoms with van der Waals surface area (Å²) in [5.41, 5.74) is 3.80. The van der Waals surface area contributed by atoms with Crippen LogP contribution in [0.15, 0.2) is 65.2 Å². The Kier molecular flexibility index (Phi) is 9.19. The number of nitrogens with zero attached hydrogens (tertiary/aromatic N) is 1. The third kappa shape index (κ3) is 6.82. The van der Waals surface area contributed by atoms with E-state index in [9.17, 15) is 27.4 Å². The monoisotopic (exact) mass is 640 g/mol. The molecule has 0 bridgehead atoms. The first-order valence-electron chi connectivity index (χ1n) is 14.3. The van der Waals surface area contributed by atoms with Gasteiger partial charge in [0.25, 0.3) is 0 Å². The number of hydrogen-bond acceptors (Lipinski definition) is 8. The van der Waals surface area contributed by atoms with Gasteiger partial charge in [-0.25, -0.2) is 17.2 Å². The van der Waals surface area contributed by atoms with E-state index in [1.807, 2.05) is 26.0 Å². The molecular formula is C33H34F2N2O7S. The van der Waals surface area contributed by atoms with Gasteiger partial charge in [-0.3, -0.25) is 4.72 Å². The van der Waals surface area contributed by atoms with E-state index in [2.05, 4.69) is 4.72 Å². The van der Waals surface area contributed by atoms with Crippen LogP contribution < -0.4 is 14.2 Å². The Balaban J connectivity index is 1.63. The normalized spacial score (nSPS) is 14.6. The van der Waals surface area contributed by atoms with Crippen LogP contribution in [-0.4, -0.2) is 49.5 Å². The van der Waals surface area contributed by atoms with Crippen LogP contribution >= 0.6 is 0 Å². The molecule has 9 nitrogen and oxygen atoms in total. The first kappa shape index (κ1) is 32.0. The minimum atomic E-state index is -3.66. The predicted molar refractivity (Wildman–Crippen MR) is 167 cm³/mol. The standard InChI is InChI=1S/C33H34F2N2O7S/c1-5-12-45(40,41)36-23-7-9-28(43-29-8-6-22(34)15-27(29)35)24(16-23)26-18-37(4)33(39)25-17-30(44-32(25)26)21-13-19(2)31(20(3)14-21)42-11-10-38/h6-9,13-18,33,36,38-39H,5,10-12H2,1-4H3. The Hall–Kier alpha value is -4.39. The molecule has 0 aliphatic carbocycles. The van der Waals surface area contributed by atoms with Crippen molar-refractivity contribution in [1.82, 2.24) is 4.90 Å². The maximum atomic E-state index is 14.6. The SMILES string of the molecule is CCCS(=O)(=O)Nc1ccc(Oc2ccc(F)cc2F)c(C2=CN(C)C(O)c3cc(-c4cc(C)c(OCCO)c(C)c4)oc32)c1. The summed E-state index contributed by atoms with van der Waals surface area (Å²) >= 11 is 0. The lowest BCUT2D eigenvalue weighted by atomic mass is 9.96. The van der Waals surface area contributed by atoms with Gasteiger partial charge in [0.2, 0.25) is 10.0 Å². The predicted octanol–water partition coefficient (Wildman–Crippen LogP) is 6.48. The number of halogens is 2. The number of rotatable bonds is 11. The molecule has 45 heavy (non-hydrogen) atoms. The molecule has 1 aliphatic rings. The lowest BCUT2D eigenvalue weighted by Crippen LogP contribution is -2.23. The summed E-state index contributed by atoms with van der Waals surface area (Å²) in [5, 5.41) is 20.3. The van der Waals surface area contributed by atoms with Crippen molar-refractivity contribution < 1.29 is 41.3 Å². The van der Waals surface area contributed by atoms with Gasteiger partial charge in [-0.05, 0) is 79.9 Å². The van der Waals surface area contributed by atoms with Gasteiger partial charge >= 0.3 is 0 Å². The number of sulfonamides is 1. The molecule has 0 saturated heterocycles. The highest BCUT2D eigenvalue weighted by Crippen LogP contribution is 2.45. The fraction of sp³-hybridized carbons (Fsp3) is 0.273. The van der Waals surface area contributed by atoms with Crippen molar-refractivity contribution in [3.8, 4) is 28.6 Å². The maximum absolute atomic E-state index is 14.6. The lowest BCUT2D eigenvalue weighted by Gasteiger charge is -2.28. The van der Waals surface area contributed by atoms with Crippen LogP contribution in [0.2, 0.25) is 0 Å². The van der Waals surface area contributed by atoms with Gasteiger partial charge < -0.3 is 29.0 Å². The quantitative estimate of drug-likeness (QED) is 0.170. The molecule has 1 aromatic heterocycles. The zero-order valence-corrected chi connectivity index (χ0v) is 26.0. The van der Waals surface area contributed by atoms with Crippen LogP contribution in [-0.2, 0) is 10.0 Å². The summed E-state index contributed by atoms with van der Waals surface area (Å²) < 4.78 is 74.0. The van der Waals surface area contributed by atoms with Gasteiger partial charge in [0.15, 0.2) is 17.8 Å². The van der Waals surface area contributed by atoms with Crippen LogP contribution in [0.3, 0.4) is 0 Å². The topological polar surface area (TPSA) is 121 Å². The van der Waals surface area contributed by atoms with E-state index in [1.54, 1.807) is 31.1 Å². The molecule has 3 N–H and O–H groups in total. The van der Waals surface area contributed by atoms with Gasteiger partial charge in [0.1, 0.15) is 35.4 Å². The van der Waals surface area contributed by atoms with Crippen LogP contribution in [0, 0.1) is 25.5 Å². The number of hydrogen-bond donors (Lipinski definition) is 3. The zero-order valence-electron chi connectivity index (χ0n) is 25.2. The van der Waals surface area contributed by atoms with Crippen molar-refractivity contribution in [1.29, 1.82) is 0 Å². The molecule has 4 aromatic rings. The molecule has 0 saturated carbocycles. The largest absolute Gasteiger partial charge is 0.491 e. The molecule has 0 spiro atoms. The number of anilines is 1. The van der Waals surface area contributed by atoms with Crippen LogP contribution in [0.1, 0.15) is 47.6 Å². The third-order valence-electron chi connectivity index (χ3n) is 7.21. The summed E-state index contributed by atoms with van der Waals surface area (Å²) in [6, 6.07) is 12.9. The summed E-state index contributed by atoms with van der Waals surface area (Å²) in [6.45, 7) is 5.55. The molecule has 238 valence electrons. The van der Waals surface area contributed by atoms with Gasteiger partial charge in [-0.15, -0.1) is 0 Å². The highest BCUT2D eigenvalue weighted by atomic mass is 32.2. The molecule has 12 heteroatoms. The summed E-state index contributed by atoms with van der Waals surface area (Å²) in [4.78, 5) is 1.55. The fourth-order valence-electron chi connectivity index (χ4n) is 5.23. The molecule has 0 amide bonds. The Morgan fingerprint density at radius 1 is 1.02 bits per heavy atom. The maximum Gasteiger partial charge on any atom is 0.232 e. The van der Waals surface area contributed by atoms with Crippen molar-refractivity contribution in [2.75, 3.05) is 30.7 Å². The third-order valence-corrected chi connectivity index (χ3v) is 8.71. The Labute approximate surface area is 260 Å². The lowest BCUT2D eigenvalue weighted by molar-refractivity contribution is 0.0511. The summed E-state index contributed by atoms with van der Waals surface area (Å²) in [6.07, 6.45) is 0.962. The van der Waals surface area contributed by atoms with Gasteiger partial charge in [0, 0.05) is 47.3 Å². The molecule has 0 radical (unpaired) electrons. The van der Waals surface area contributed by atoms with Gasteiger partial charge in [-0.1, -0.05) is 6.92 Å². The molecule has 1 atom stereocenters. The molecule has 1 unspecified atom stereocenters. The number of aliphatic hydroxyl groups is 2. The Bertz CT molecular complexity index is 1850. The fourth-order valence-corrected chi connectivity index (χ4v) is 6.36. The van der Waals surface area contributed by atoms with Crippen LogP contribution in [0.25, 0.3) is 16.9 Å². The Morgan fingerprint density at radius 3 is 2.40 bits per heavy atom. The van der Waals surface area contributed by atoms with E-state index in [-0.39, 0.29) is 36.2 Å². The number of fused-ring (bicyclic) bond motifs is 1. The number of nitrogens with one attached hydrogen (secondary N) is 1. The number of furan rings is 1. The van der Waals surface area contributed by atoms with E-state index in [4.69, 9.17) is 13.9 Å². The summed E-state index contributed by atoms with van der Waals surface area (Å²) in [7, 11) is -1.99. The van der Waals surface area contributed by atoms with E-state index >= 15 is 0 Å². The second kappa shape index (κ2) is 12.9. The molecule has 2 heterocycles. The number of benzene rings is 3. The zero-order chi connectivity index (χ0) is 32.5. The highest BCUT2D eigenvalue weighted by molar-refractivity contribution is 7.92. The minimum absolute atomic E-state index is 0.0899. The van der Waals surface area contributed by atoms with Crippen molar-refractivity contribution in [3.05, 3.63) is 100 Å². The van der Waals surface area contributed by atoms with E-state index in [0.717, 1.165) is 28.8 Å². The van der Waals surface area contributed by atoms with Crippen molar-refractivity contribution in [3.63, 3.8) is 0 Å². The van der Waals surface area contributed by atoms with Gasteiger partial charge in [-0.2, -0.15) is 0 Å². The Morgan fingerprint density at radius 2 is 1.73 bits per heavy atom. The number of aliphatic hydroxyl groups excluding tert-OH is 2. The second-order valence-corrected chi connectivity index (χ2v) is 12.6.